The normalized spacial score (nSPS) is 10.8. The van der Waals surface area contributed by atoms with Crippen LogP contribution >= 0.6 is 15.9 Å². The second-order valence-electron chi connectivity index (χ2n) is 8.45. The van der Waals surface area contributed by atoms with Crippen LogP contribution in [0.15, 0.2) is 107 Å². The Bertz CT molecular complexity index is 1460. The molecular formula is C32H27BrN2O4. The lowest BCUT2D eigenvalue weighted by atomic mass is 10.1. The molecule has 196 valence electrons. The number of nitrogens with one attached hydrogen (secondary N) is 1. The zero-order chi connectivity index (χ0) is 27.5. The van der Waals surface area contributed by atoms with Gasteiger partial charge in [-0.2, -0.15) is 5.26 Å². The molecular weight excluding hydrogens is 556 g/mol. The highest BCUT2D eigenvalue weighted by Crippen LogP contribution is 2.35. The van der Waals surface area contributed by atoms with Crippen molar-refractivity contribution in [3.8, 4) is 23.3 Å². The molecule has 4 aromatic rings. The molecule has 4 aromatic carbocycles. The number of amides is 1. The zero-order valence-electron chi connectivity index (χ0n) is 21.4. The third-order valence-corrected chi connectivity index (χ3v) is 6.31. The highest BCUT2D eigenvalue weighted by Gasteiger charge is 2.14. The molecule has 0 saturated carbocycles. The fourth-order valence-corrected chi connectivity index (χ4v) is 4.09. The summed E-state index contributed by atoms with van der Waals surface area (Å²) >= 11 is 3.54. The number of ether oxygens (including phenoxy) is 3. The number of nitrogens with zero attached hydrogens (tertiary/aromatic N) is 1. The first-order valence-corrected chi connectivity index (χ1v) is 13.2. The van der Waals surface area contributed by atoms with Gasteiger partial charge in [-0.25, -0.2) is 0 Å². The molecule has 0 spiro atoms. The molecule has 4 rings (SSSR count). The Morgan fingerprint density at radius 3 is 2.03 bits per heavy atom. The smallest absolute Gasteiger partial charge is 0.266 e. The maximum atomic E-state index is 12.9. The predicted molar refractivity (Wildman–Crippen MR) is 156 cm³/mol. The first kappa shape index (κ1) is 27.5. The molecule has 0 aliphatic rings. The summed E-state index contributed by atoms with van der Waals surface area (Å²) in [5.41, 5.74) is 3.20. The van der Waals surface area contributed by atoms with Crippen molar-refractivity contribution in [1.29, 1.82) is 5.26 Å². The first-order chi connectivity index (χ1) is 19.1. The maximum absolute atomic E-state index is 12.9. The Kier molecular flexibility index (Phi) is 9.76. The predicted octanol–water partition coefficient (Wildman–Crippen LogP) is 7.55. The van der Waals surface area contributed by atoms with Gasteiger partial charge in [-0.1, -0.05) is 76.6 Å². The van der Waals surface area contributed by atoms with E-state index in [2.05, 4.69) is 21.2 Å². The summed E-state index contributed by atoms with van der Waals surface area (Å²) in [6, 6.07) is 32.2. The zero-order valence-corrected chi connectivity index (χ0v) is 23.0. The Hall–Kier alpha value is -4.54. The van der Waals surface area contributed by atoms with Crippen LogP contribution in [0, 0.1) is 11.3 Å². The first-order valence-electron chi connectivity index (χ1n) is 12.4. The Morgan fingerprint density at radius 1 is 0.846 bits per heavy atom. The fourth-order valence-electron chi connectivity index (χ4n) is 3.66. The van der Waals surface area contributed by atoms with Crippen molar-refractivity contribution in [3.63, 3.8) is 0 Å². The Balaban J connectivity index is 1.44. The molecule has 0 atom stereocenters. The standard InChI is InChI=1S/C32H27BrN2O4/c1-2-37-30-18-25(29(33)19-31(30)39-22-24-11-7-4-8-12-24)17-26(20-34)32(36)35-27-13-15-28(16-14-27)38-21-23-9-5-3-6-10-23/h3-19H,2,21-22H2,1H3,(H,35,36)/b26-17+. The highest BCUT2D eigenvalue weighted by molar-refractivity contribution is 9.10. The van der Waals surface area contributed by atoms with Crippen molar-refractivity contribution in [3.05, 3.63) is 124 Å². The van der Waals surface area contributed by atoms with E-state index in [1.165, 1.54) is 6.08 Å². The van der Waals surface area contributed by atoms with Crippen LogP contribution in [0.3, 0.4) is 0 Å². The fraction of sp³-hybridized carbons (Fsp3) is 0.125. The second-order valence-corrected chi connectivity index (χ2v) is 9.30. The van der Waals surface area contributed by atoms with E-state index in [-0.39, 0.29) is 5.57 Å². The van der Waals surface area contributed by atoms with E-state index in [9.17, 15) is 10.1 Å². The Labute approximate surface area is 236 Å². The van der Waals surface area contributed by atoms with E-state index < -0.39 is 5.91 Å². The second kappa shape index (κ2) is 13.8. The molecule has 1 amide bonds. The lowest BCUT2D eigenvalue weighted by molar-refractivity contribution is -0.112. The van der Waals surface area contributed by atoms with Gasteiger partial charge in [0.2, 0.25) is 0 Å². The number of rotatable bonds is 11. The van der Waals surface area contributed by atoms with E-state index in [1.807, 2.05) is 73.7 Å². The summed E-state index contributed by atoms with van der Waals surface area (Å²) in [7, 11) is 0. The van der Waals surface area contributed by atoms with Gasteiger partial charge in [0, 0.05) is 10.2 Å². The van der Waals surface area contributed by atoms with Crippen LogP contribution in [0.25, 0.3) is 6.08 Å². The van der Waals surface area contributed by atoms with Gasteiger partial charge in [-0.05, 0) is 66.1 Å². The molecule has 0 saturated heterocycles. The monoisotopic (exact) mass is 582 g/mol. The summed E-state index contributed by atoms with van der Waals surface area (Å²) in [6.45, 7) is 3.14. The van der Waals surface area contributed by atoms with Crippen LogP contribution in [-0.2, 0) is 18.0 Å². The summed E-state index contributed by atoms with van der Waals surface area (Å²) in [5.74, 6) is 1.23. The molecule has 0 aromatic heterocycles. The number of hydrogen-bond acceptors (Lipinski definition) is 5. The van der Waals surface area contributed by atoms with Gasteiger partial charge in [0.15, 0.2) is 11.5 Å². The molecule has 7 heteroatoms. The van der Waals surface area contributed by atoms with Crippen molar-refractivity contribution in [2.45, 2.75) is 20.1 Å². The summed E-state index contributed by atoms with van der Waals surface area (Å²) < 4.78 is 18.2. The van der Waals surface area contributed by atoms with E-state index in [0.717, 1.165) is 11.1 Å². The molecule has 0 aliphatic carbocycles. The van der Waals surface area contributed by atoms with Crippen molar-refractivity contribution in [2.75, 3.05) is 11.9 Å². The SMILES string of the molecule is CCOc1cc(/C=C(\C#N)C(=O)Nc2ccc(OCc3ccccc3)cc2)c(Br)cc1OCc1ccccc1. The number of carbonyl (C=O) groups is 1. The third-order valence-electron chi connectivity index (χ3n) is 5.63. The number of anilines is 1. The van der Waals surface area contributed by atoms with Gasteiger partial charge in [-0.15, -0.1) is 0 Å². The van der Waals surface area contributed by atoms with Gasteiger partial charge in [0.25, 0.3) is 5.91 Å². The summed E-state index contributed by atoms with van der Waals surface area (Å²) in [4.78, 5) is 12.9. The van der Waals surface area contributed by atoms with Crippen LogP contribution in [0.5, 0.6) is 17.2 Å². The largest absolute Gasteiger partial charge is 0.490 e. The molecule has 0 aliphatic heterocycles. The minimum Gasteiger partial charge on any atom is -0.490 e. The lowest BCUT2D eigenvalue weighted by Crippen LogP contribution is -2.13. The molecule has 0 heterocycles. The molecule has 0 bridgehead atoms. The molecule has 6 nitrogen and oxygen atoms in total. The van der Waals surface area contributed by atoms with Gasteiger partial charge < -0.3 is 19.5 Å². The number of benzene rings is 4. The van der Waals surface area contributed by atoms with Crippen molar-refractivity contribution in [1.82, 2.24) is 0 Å². The van der Waals surface area contributed by atoms with Gasteiger partial charge in [0.05, 0.1) is 6.61 Å². The van der Waals surface area contributed by atoms with Gasteiger partial charge >= 0.3 is 0 Å². The van der Waals surface area contributed by atoms with Crippen molar-refractivity contribution < 1.29 is 19.0 Å². The van der Waals surface area contributed by atoms with Crippen LogP contribution in [0.2, 0.25) is 0 Å². The number of hydrogen-bond donors (Lipinski definition) is 1. The number of halogens is 1. The van der Waals surface area contributed by atoms with E-state index in [1.54, 1.807) is 36.4 Å². The lowest BCUT2D eigenvalue weighted by Gasteiger charge is -2.14. The number of nitriles is 1. The van der Waals surface area contributed by atoms with Crippen molar-refractivity contribution in [2.24, 2.45) is 0 Å². The van der Waals surface area contributed by atoms with Crippen LogP contribution in [-0.4, -0.2) is 12.5 Å². The van der Waals surface area contributed by atoms with E-state index >= 15 is 0 Å². The molecule has 0 unspecified atom stereocenters. The van der Waals surface area contributed by atoms with E-state index in [0.29, 0.717) is 52.8 Å². The maximum Gasteiger partial charge on any atom is 0.266 e. The van der Waals surface area contributed by atoms with Crippen molar-refractivity contribution >= 4 is 33.6 Å². The average Bonchev–Trinajstić information content (AvgIpc) is 2.97. The molecule has 1 N–H and O–H groups in total. The minimum absolute atomic E-state index is 0.0551. The quantitative estimate of drug-likeness (QED) is 0.146. The van der Waals surface area contributed by atoms with Crippen LogP contribution < -0.4 is 19.5 Å². The molecule has 39 heavy (non-hydrogen) atoms. The summed E-state index contributed by atoms with van der Waals surface area (Å²) in [6.07, 6.45) is 1.51. The highest BCUT2D eigenvalue weighted by atomic mass is 79.9. The topological polar surface area (TPSA) is 80.6 Å². The Morgan fingerprint density at radius 2 is 1.44 bits per heavy atom. The van der Waals surface area contributed by atoms with Crippen LogP contribution in [0.1, 0.15) is 23.6 Å². The molecule has 0 fully saturated rings. The van der Waals surface area contributed by atoms with Gasteiger partial charge in [0.1, 0.15) is 30.6 Å². The summed E-state index contributed by atoms with van der Waals surface area (Å²) in [5, 5.41) is 12.5. The molecule has 0 radical (unpaired) electrons. The van der Waals surface area contributed by atoms with Gasteiger partial charge in [-0.3, -0.25) is 4.79 Å². The van der Waals surface area contributed by atoms with Crippen LogP contribution in [0.4, 0.5) is 5.69 Å². The third kappa shape index (κ3) is 7.97. The average molecular weight is 583 g/mol. The van der Waals surface area contributed by atoms with E-state index in [4.69, 9.17) is 14.2 Å². The number of carbonyl (C=O) groups excluding carboxylic acids is 1. The minimum atomic E-state index is -0.523.